The molecule has 0 bridgehead atoms. The summed E-state index contributed by atoms with van der Waals surface area (Å²) in [5.41, 5.74) is 7.45. The Hall–Kier alpha value is -4.20. The summed E-state index contributed by atoms with van der Waals surface area (Å²) in [6.45, 7) is 2.21. The summed E-state index contributed by atoms with van der Waals surface area (Å²) < 4.78 is 0. The maximum absolute atomic E-state index is 12.2. The van der Waals surface area contributed by atoms with Crippen LogP contribution in [0.3, 0.4) is 0 Å². The molecule has 3 N–H and O–H groups in total. The number of fused-ring (bicyclic) bond motifs is 2. The molecular weight excluding hydrogens is 450 g/mol. The van der Waals surface area contributed by atoms with Gasteiger partial charge in [0.25, 0.3) is 0 Å². The minimum Gasteiger partial charge on any atom is -0.371 e. The van der Waals surface area contributed by atoms with Gasteiger partial charge in [0.1, 0.15) is 5.69 Å². The Balaban J connectivity index is 1.25. The molecular formula is C28H27N7O. The molecule has 0 unspecified atom stereocenters. The third-order valence-corrected chi connectivity index (χ3v) is 7.30. The van der Waals surface area contributed by atoms with E-state index in [0.29, 0.717) is 5.69 Å². The van der Waals surface area contributed by atoms with Crippen molar-refractivity contribution in [3.63, 3.8) is 0 Å². The fourth-order valence-corrected chi connectivity index (χ4v) is 5.20. The van der Waals surface area contributed by atoms with Gasteiger partial charge in [-0.25, -0.2) is 4.98 Å². The molecule has 1 aliphatic heterocycles. The molecule has 1 aliphatic carbocycles. The summed E-state index contributed by atoms with van der Waals surface area (Å²) in [4.78, 5) is 27.2. The SMILES string of the molecule is O=C(Nc1cncc(-c2cnc3[nH]nc(-c4cc5c(N6CCCCC6)cccc5[nH]4)c3c2)c1)C1CC1. The van der Waals surface area contributed by atoms with Crippen molar-refractivity contribution < 1.29 is 4.79 Å². The standard InChI is InChI=1S/C28H27N7O/c36-28(17-7-8-17)31-20-11-18(14-29-16-20)19-12-22-26(33-34-27(22)30-15-19)24-13-21-23(32-24)5-4-6-25(21)35-9-2-1-3-10-35/h4-6,11-17,32H,1-3,7-10H2,(H,31,36)(H,30,33,34). The Labute approximate surface area is 208 Å². The van der Waals surface area contributed by atoms with E-state index in [1.807, 2.05) is 12.3 Å². The second kappa shape index (κ2) is 8.48. The maximum Gasteiger partial charge on any atom is 0.227 e. The third-order valence-electron chi connectivity index (χ3n) is 7.30. The zero-order valence-electron chi connectivity index (χ0n) is 19.9. The highest BCUT2D eigenvalue weighted by molar-refractivity contribution is 6.00. The van der Waals surface area contributed by atoms with Crippen LogP contribution < -0.4 is 10.2 Å². The minimum atomic E-state index is 0.0716. The predicted molar refractivity (Wildman–Crippen MR) is 142 cm³/mol. The van der Waals surface area contributed by atoms with Gasteiger partial charge in [-0.2, -0.15) is 5.10 Å². The van der Waals surface area contributed by atoms with Crippen LogP contribution in [0, 0.1) is 5.92 Å². The van der Waals surface area contributed by atoms with Crippen molar-refractivity contribution in [2.45, 2.75) is 32.1 Å². The number of H-pyrrole nitrogens is 2. The monoisotopic (exact) mass is 477 g/mol. The van der Waals surface area contributed by atoms with E-state index in [4.69, 9.17) is 0 Å². The first kappa shape index (κ1) is 21.1. The van der Waals surface area contributed by atoms with Crippen LogP contribution >= 0.6 is 0 Å². The second-order valence-corrected chi connectivity index (χ2v) is 9.89. The lowest BCUT2D eigenvalue weighted by Crippen LogP contribution is -2.29. The van der Waals surface area contributed by atoms with E-state index in [9.17, 15) is 4.79 Å². The number of anilines is 2. The number of nitrogens with zero attached hydrogens (tertiary/aromatic N) is 4. The molecule has 8 nitrogen and oxygen atoms in total. The van der Waals surface area contributed by atoms with Gasteiger partial charge in [-0.15, -0.1) is 0 Å². The normalized spacial score (nSPS) is 16.1. The topological polar surface area (TPSA) is 103 Å². The fraction of sp³-hybridized carbons (Fsp3) is 0.286. The van der Waals surface area contributed by atoms with Crippen LogP contribution in [-0.4, -0.2) is 44.1 Å². The molecule has 180 valence electrons. The number of rotatable bonds is 5. The predicted octanol–water partition coefficient (Wildman–Crippen LogP) is 5.51. The third kappa shape index (κ3) is 3.79. The number of hydrogen-bond acceptors (Lipinski definition) is 5. The molecule has 2 aliphatic rings. The summed E-state index contributed by atoms with van der Waals surface area (Å²) >= 11 is 0. The zero-order chi connectivity index (χ0) is 24.1. The number of piperidine rings is 1. The van der Waals surface area contributed by atoms with Crippen LogP contribution in [0.4, 0.5) is 11.4 Å². The highest BCUT2D eigenvalue weighted by Crippen LogP contribution is 2.35. The van der Waals surface area contributed by atoms with Gasteiger partial charge in [0, 0.05) is 64.5 Å². The Kier molecular flexibility index (Phi) is 4.97. The summed E-state index contributed by atoms with van der Waals surface area (Å²) in [5.74, 6) is 0.217. The number of pyridine rings is 2. The Bertz CT molecular complexity index is 1590. The number of carbonyl (C=O) groups excluding carboxylic acids is 1. The summed E-state index contributed by atoms with van der Waals surface area (Å²) in [5, 5.41) is 12.8. The first-order chi connectivity index (χ1) is 17.7. The maximum atomic E-state index is 12.2. The molecule has 7 rings (SSSR count). The molecule has 0 atom stereocenters. The van der Waals surface area contributed by atoms with Gasteiger partial charge in [-0.1, -0.05) is 6.07 Å². The molecule has 4 aromatic heterocycles. The molecule has 5 heterocycles. The van der Waals surface area contributed by atoms with Crippen LogP contribution in [0.25, 0.3) is 44.5 Å². The molecule has 36 heavy (non-hydrogen) atoms. The van der Waals surface area contributed by atoms with E-state index in [1.54, 1.807) is 12.4 Å². The molecule has 5 aromatic rings. The van der Waals surface area contributed by atoms with Crippen LogP contribution in [0.2, 0.25) is 0 Å². The lowest BCUT2D eigenvalue weighted by atomic mass is 10.1. The Morgan fingerprint density at radius 3 is 2.69 bits per heavy atom. The van der Waals surface area contributed by atoms with Crippen molar-refractivity contribution in [1.29, 1.82) is 0 Å². The van der Waals surface area contributed by atoms with Gasteiger partial charge >= 0.3 is 0 Å². The highest BCUT2D eigenvalue weighted by atomic mass is 16.2. The van der Waals surface area contributed by atoms with E-state index in [-0.39, 0.29) is 11.8 Å². The smallest absolute Gasteiger partial charge is 0.227 e. The molecule has 1 saturated carbocycles. The van der Waals surface area contributed by atoms with Gasteiger partial charge in [0.05, 0.1) is 17.6 Å². The summed E-state index contributed by atoms with van der Waals surface area (Å²) in [6.07, 6.45) is 11.0. The number of aromatic nitrogens is 5. The average molecular weight is 478 g/mol. The van der Waals surface area contributed by atoms with E-state index in [0.717, 1.165) is 65.0 Å². The van der Waals surface area contributed by atoms with Crippen LogP contribution in [0.1, 0.15) is 32.1 Å². The van der Waals surface area contributed by atoms with Crippen LogP contribution in [-0.2, 0) is 4.79 Å². The van der Waals surface area contributed by atoms with Crippen LogP contribution in [0.15, 0.2) is 55.0 Å². The minimum absolute atomic E-state index is 0.0716. The average Bonchev–Trinajstić information content (AvgIpc) is 3.55. The number of hydrogen-bond donors (Lipinski definition) is 3. The van der Waals surface area contributed by atoms with E-state index < -0.39 is 0 Å². The highest BCUT2D eigenvalue weighted by Gasteiger charge is 2.29. The van der Waals surface area contributed by atoms with E-state index in [2.05, 4.69) is 65.7 Å². The fourth-order valence-electron chi connectivity index (χ4n) is 5.20. The van der Waals surface area contributed by atoms with Gasteiger partial charge in [0.15, 0.2) is 5.65 Å². The molecule has 2 fully saturated rings. The van der Waals surface area contributed by atoms with Crippen LogP contribution in [0.5, 0.6) is 0 Å². The first-order valence-electron chi connectivity index (χ1n) is 12.7. The van der Waals surface area contributed by atoms with E-state index in [1.165, 1.54) is 30.3 Å². The molecule has 1 aromatic carbocycles. The first-order valence-corrected chi connectivity index (χ1v) is 12.7. The molecule has 1 amide bonds. The Morgan fingerprint density at radius 1 is 0.972 bits per heavy atom. The number of benzene rings is 1. The lowest BCUT2D eigenvalue weighted by molar-refractivity contribution is -0.117. The number of amides is 1. The van der Waals surface area contributed by atoms with E-state index >= 15 is 0 Å². The van der Waals surface area contributed by atoms with Gasteiger partial charge in [0.2, 0.25) is 5.91 Å². The van der Waals surface area contributed by atoms with Gasteiger partial charge in [-0.05, 0) is 62.4 Å². The number of carbonyl (C=O) groups is 1. The molecule has 0 radical (unpaired) electrons. The summed E-state index contributed by atoms with van der Waals surface area (Å²) in [7, 11) is 0. The number of aromatic amines is 2. The molecule has 0 spiro atoms. The second-order valence-electron chi connectivity index (χ2n) is 9.89. The molecule has 8 heteroatoms. The quantitative estimate of drug-likeness (QED) is 0.310. The number of nitrogens with one attached hydrogen (secondary N) is 3. The van der Waals surface area contributed by atoms with Crippen molar-refractivity contribution in [2.75, 3.05) is 23.3 Å². The molecule has 1 saturated heterocycles. The Morgan fingerprint density at radius 2 is 1.83 bits per heavy atom. The van der Waals surface area contributed by atoms with Crippen molar-refractivity contribution >= 4 is 39.2 Å². The van der Waals surface area contributed by atoms with Crippen molar-refractivity contribution in [3.8, 4) is 22.5 Å². The lowest BCUT2D eigenvalue weighted by Gasteiger charge is -2.29. The van der Waals surface area contributed by atoms with Crippen molar-refractivity contribution in [1.82, 2.24) is 25.1 Å². The van der Waals surface area contributed by atoms with Crippen molar-refractivity contribution in [2.24, 2.45) is 5.92 Å². The zero-order valence-corrected chi connectivity index (χ0v) is 19.9. The summed E-state index contributed by atoms with van der Waals surface area (Å²) in [6, 6.07) is 12.7. The largest absolute Gasteiger partial charge is 0.371 e. The van der Waals surface area contributed by atoms with Gasteiger partial charge in [-0.3, -0.25) is 14.9 Å². The van der Waals surface area contributed by atoms with Gasteiger partial charge < -0.3 is 15.2 Å². The van der Waals surface area contributed by atoms with Crippen molar-refractivity contribution in [3.05, 3.63) is 55.0 Å².